The Morgan fingerprint density at radius 3 is 2.66 bits per heavy atom. The van der Waals surface area contributed by atoms with Crippen LogP contribution in [0.1, 0.15) is 43.5 Å². The predicted octanol–water partition coefficient (Wildman–Crippen LogP) is 5.00. The molecular weight excluding hydrogens is 418 g/mol. The lowest BCUT2D eigenvalue weighted by atomic mass is 9.85. The van der Waals surface area contributed by atoms with Gasteiger partial charge in [0.05, 0.1) is 24.5 Å². The third-order valence-corrected chi connectivity index (χ3v) is 5.65. The second-order valence-corrected chi connectivity index (χ2v) is 8.90. The van der Waals surface area contributed by atoms with Crippen LogP contribution in [0.3, 0.4) is 0 Å². The van der Waals surface area contributed by atoms with Gasteiger partial charge in [0, 0.05) is 11.8 Å². The van der Waals surface area contributed by atoms with E-state index in [0.29, 0.717) is 27.7 Å². The molecule has 3 aromatic rings. The minimum Gasteiger partial charge on any atom is -0.451 e. The number of amides is 2. The zero-order valence-corrected chi connectivity index (χ0v) is 18.2. The standard InChI is InChI=1S/C23H24F2N4O3/c1-22(2,3)14-8-9-15-13(10-14)11-23(24,25)19(15)28-20(30)27-17-6-5-7-18-16(17)12-26-29(18)21(31)32-4/h5-10,12,19H,11H2,1-4H3,(H2,27,28,30). The van der Waals surface area contributed by atoms with E-state index < -0.39 is 30.5 Å². The number of fused-ring (bicyclic) bond motifs is 2. The van der Waals surface area contributed by atoms with Gasteiger partial charge in [-0.2, -0.15) is 9.78 Å². The molecule has 1 heterocycles. The van der Waals surface area contributed by atoms with Crippen molar-refractivity contribution in [2.75, 3.05) is 12.4 Å². The smallest absolute Gasteiger partial charge is 0.434 e. The summed E-state index contributed by atoms with van der Waals surface area (Å²) >= 11 is 0. The number of hydrogen-bond acceptors (Lipinski definition) is 4. The van der Waals surface area contributed by atoms with Crippen LogP contribution in [0.5, 0.6) is 0 Å². The maximum Gasteiger partial charge on any atom is 0.434 e. The molecule has 0 fully saturated rings. The van der Waals surface area contributed by atoms with Crippen molar-refractivity contribution >= 4 is 28.7 Å². The van der Waals surface area contributed by atoms with Crippen molar-refractivity contribution in [3.63, 3.8) is 0 Å². The predicted molar refractivity (Wildman–Crippen MR) is 116 cm³/mol. The number of aromatic nitrogens is 2. The van der Waals surface area contributed by atoms with Gasteiger partial charge in [-0.15, -0.1) is 0 Å². The van der Waals surface area contributed by atoms with Crippen LogP contribution < -0.4 is 10.6 Å². The van der Waals surface area contributed by atoms with Gasteiger partial charge in [0.2, 0.25) is 0 Å². The quantitative estimate of drug-likeness (QED) is 0.585. The molecule has 4 rings (SSSR count). The van der Waals surface area contributed by atoms with Crippen molar-refractivity contribution in [3.8, 4) is 0 Å². The Kier molecular flexibility index (Phi) is 5.15. The molecule has 168 valence electrons. The van der Waals surface area contributed by atoms with E-state index in [0.717, 1.165) is 10.2 Å². The van der Waals surface area contributed by atoms with Crippen LogP contribution in [0.15, 0.2) is 42.6 Å². The molecule has 2 N–H and O–H groups in total. The monoisotopic (exact) mass is 442 g/mol. The molecule has 2 amide bonds. The van der Waals surface area contributed by atoms with E-state index in [9.17, 15) is 18.4 Å². The fourth-order valence-electron chi connectivity index (χ4n) is 3.96. The van der Waals surface area contributed by atoms with Crippen molar-refractivity contribution in [1.29, 1.82) is 0 Å². The number of urea groups is 1. The molecule has 0 spiro atoms. The summed E-state index contributed by atoms with van der Waals surface area (Å²) in [6.45, 7) is 6.07. The molecule has 0 aliphatic heterocycles. The topological polar surface area (TPSA) is 85.2 Å². The van der Waals surface area contributed by atoms with Crippen molar-refractivity contribution in [3.05, 3.63) is 59.3 Å². The Labute approximate surface area is 183 Å². The van der Waals surface area contributed by atoms with E-state index in [1.54, 1.807) is 30.3 Å². The van der Waals surface area contributed by atoms with Gasteiger partial charge in [0.1, 0.15) is 6.04 Å². The molecule has 0 bridgehead atoms. The van der Waals surface area contributed by atoms with Gasteiger partial charge in [0.25, 0.3) is 5.92 Å². The first-order valence-electron chi connectivity index (χ1n) is 10.1. The minimum absolute atomic E-state index is 0.166. The zero-order chi connectivity index (χ0) is 23.3. The summed E-state index contributed by atoms with van der Waals surface area (Å²) in [6.07, 6.45) is 0.284. The summed E-state index contributed by atoms with van der Waals surface area (Å²) in [4.78, 5) is 24.5. The molecule has 1 aliphatic carbocycles. The number of nitrogens with zero attached hydrogens (tertiary/aromatic N) is 2. The first kappa shape index (κ1) is 21.7. The average Bonchev–Trinajstić information content (AvgIpc) is 3.25. The number of benzene rings is 2. The van der Waals surface area contributed by atoms with Gasteiger partial charge in [0.15, 0.2) is 0 Å². The number of halogens is 2. The average molecular weight is 442 g/mol. The lowest BCUT2D eigenvalue weighted by molar-refractivity contribution is -0.0215. The Balaban J connectivity index is 1.58. The number of nitrogens with one attached hydrogen (secondary N) is 2. The maximum atomic E-state index is 14.8. The fourth-order valence-corrected chi connectivity index (χ4v) is 3.96. The summed E-state index contributed by atoms with van der Waals surface area (Å²) in [5.41, 5.74) is 2.50. The summed E-state index contributed by atoms with van der Waals surface area (Å²) in [5, 5.41) is 9.46. The normalized spacial score (nSPS) is 17.1. The molecule has 1 unspecified atom stereocenters. The van der Waals surface area contributed by atoms with E-state index in [2.05, 4.69) is 20.5 Å². The number of rotatable bonds is 2. The van der Waals surface area contributed by atoms with Gasteiger partial charge in [-0.1, -0.05) is 45.0 Å². The van der Waals surface area contributed by atoms with Crippen LogP contribution in [0.2, 0.25) is 0 Å². The third kappa shape index (κ3) is 3.79. The first-order chi connectivity index (χ1) is 15.0. The SMILES string of the molecule is COC(=O)n1ncc2c(NC(=O)NC3c4ccc(C(C)(C)C)cc4CC3(F)F)cccc21. The number of carbonyl (C=O) groups is 2. The van der Waals surface area contributed by atoms with Crippen LogP contribution in [0.4, 0.5) is 24.1 Å². The summed E-state index contributed by atoms with van der Waals surface area (Å²) in [7, 11) is 1.23. The Bertz CT molecular complexity index is 1210. The number of carbonyl (C=O) groups excluding carboxylic acids is 2. The minimum atomic E-state index is -3.11. The van der Waals surface area contributed by atoms with Gasteiger partial charge in [-0.05, 0) is 34.2 Å². The summed E-state index contributed by atoms with van der Waals surface area (Å²) < 4.78 is 35.3. The van der Waals surface area contributed by atoms with E-state index in [1.807, 2.05) is 26.8 Å². The lowest BCUT2D eigenvalue weighted by Gasteiger charge is -2.22. The molecule has 0 saturated carbocycles. The molecule has 1 aliphatic rings. The number of alkyl halides is 2. The molecule has 2 aromatic carbocycles. The van der Waals surface area contributed by atoms with Gasteiger partial charge in [-0.3, -0.25) is 0 Å². The van der Waals surface area contributed by atoms with Crippen LogP contribution in [-0.2, 0) is 16.6 Å². The molecule has 7 nitrogen and oxygen atoms in total. The Hall–Kier alpha value is -3.49. The molecule has 9 heteroatoms. The molecular formula is C23H24F2N4O3. The maximum absolute atomic E-state index is 14.8. The Morgan fingerprint density at radius 1 is 1.22 bits per heavy atom. The highest BCUT2D eigenvalue weighted by atomic mass is 19.3. The number of hydrogen-bond donors (Lipinski definition) is 2. The Morgan fingerprint density at radius 2 is 1.97 bits per heavy atom. The summed E-state index contributed by atoms with van der Waals surface area (Å²) in [6, 6.07) is 7.93. The van der Waals surface area contributed by atoms with E-state index in [4.69, 9.17) is 0 Å². The van der Waals surface area contributed by atoms with Crippen molar-refractivity contribution in [1.82, 2.24) is 15.1 Å². The highest BCUT2D eigenvalue weighted by Crippen LogP contribution is 2.44. The van der Waals surface area contributed by atoms with Crippen LogP contribution in [0, 0.1) is 0 Å². The zero-order valence-electron chi connectivity index (χ0n) is 18.2. The van der Waals surface area contributed by atoms with E-state index in [1.165, 1.54) is 13.3 Å². The van der Waals surface area contributed by atoms with E-state index in [-0.39, 0.29) is 5.41 Å². The highest BCUT2D eigenvalue weighted by molar-refractivity contribution is 6.02. The van der Waals surface area contributed by atoms with Crippen LogP contribution >= 0.6 is 0 Å². The first-order valence-corrected chi connectivity index (χ1v) is 10.1. The lowest BCUT2D eigenvalue weighted by Crippen LogP contribution is -2.40. The highest BCUT2D eigenvalue weighted by Gasteiger charge is 2.48. The van der Waals surface area contributed by atoms with Crippen molar-refractivity contribution in [2.45, 2.75) is 44.6 Å². The van der Waals surface area contributed by atoms with Crippen LogP contribution in [-0.4, -0.2) is 34.9 Å². The molecule has 0 saturated heterocycles. The van der Waals surface area contributed by atoms with Gasteiger partial charge < -0.3 is 15.4 Å². The van der Waals surface area contributed by atoms with Gasteiger partial charge >= 0.3 is 12.1 Å². The number of anilines is 1. The van der Waals surface area contributed by atoms with E-state index >= 15 is 0 Å². The second-order valence-electron chi connectivity index (χ2n) is 8.90. The largest absolute Gasteiger partial charge is 0.451 e. The number of methoxy groups -OCH3 is 1. The van der Waals surface area contributed by atoms with Gasteiger partial charge in [-0.25, -0.2) is 18.4 Å². The number of ether oxygens (including phenoxy) is 1. The fraction of sp³-hybridized carbons (Fsp3) is 0.348. The second kappa shape index (κ2) is 7.58. The molecule has 0 radical (unpaired) electrons. The third-order valence-electron chi connectivity index (χ3n) is 5.65. The van der Waals surface area contributed by atoms with Crippen LogP contribution in [0.25, 0.3) is 10.9 Å². The molecule has 32 heavy (non-hydrogen) atoms. The van der Waals surface area contributed by atoms with Crippen molar-refractivity contribution in [2.24, 2.45) is 0 Å². The summed E-state index contributed by atoms with van der Waals surface area (Å²) in [5.74, 6) is -3.11. The molecule has 1 aromatic heterocycles. The van der Waals surface area contributed by atoms with Crippen molar-refractivity contribution < 1.29 is 23.1 Å². The molecule has 1 atom stereocenters.